The first kappa shape index (κ1) is 23.2. The van der Waals surface area contributed by atoms with Crippen LogP contribution in [0.1, 0.15) is 34.9 Å². The van der Waals surface area contributed by atoms with Crippen LogP contribution in [0.5, 0.6) is 0 Å². The average Bonchev–Trinajstić information content (AvgIpc) is 3.56. The molecule has 0 unspecified atom stereocenters. The number of aromatic nitrogens is 5. The van der Waals surface area contributed by atoms with Gasteiger partial charge in [0.2, 0.25) is 0 Å². The summed E-state index contributed by atoms with van der Waals surface area (Å²) in [5.41, 5.74) is 2.59. The fourth-order valence-electron chi connectivity index (χ4n) is 4.46. The highest BCUT2D eigenvalue weighted by atomic mass is 32.2. The molecule has 3 aromatic heterocycles. The molecule has 1 amide bonds. The van der Waals surface area contributed by atoms with E-state index in [-0.39, 0.29) is 29.3 Å². The zero-order valence-electron chi connectivity index (χ0n) is 19.2. The molecule has 0 aliphatic carbocycles. The highest BCUT2D eigenvalue weighted by molar-refractivity contribution is 7.91. The van der Waals surface area contributed by atoms with Crippen molar-refractivity contribution in [2.75, 3.05) is 18.1 Å². The second kappa shape index (κ2) is 9.21. The number of fused-ring (bicyclic) bond motifs is 1. The van der Waals surface area contributed by atoms with Crippen molar-refractivity contribution in [3.05, 3.63) is 66.1 Å². The fraction of sp³-hybridized carbons (Fsp3) is 0.333. The molecule has 1 aliphatic rings. The summed E-state index contributed by atoms with van der Waals surface area (Å²) in [6.45, 7) is 2.97. The minimum atomic E-state index is -3.15. The van der Waals surface area contributed by atoms with Gasteiger partial charge in [0.05, 0.1) is 46.2 Å². The van der Waals surface area contributed by atoms with Crippen LogP contribution >= 0.6 is 0 Å². The van der Waals surface area contributed by atoms with Crippen molar-refractivity contribution in [3.8, 4) is 11.3 Å². The van der Waals surface area contributed by atoms with E-state index in [1.807, 2.05) is 10.8 Å². The molecular formula is C24H25FN6O3S. The summed E-state index contributed by atoms with van der Waals surface area (Å²) in [6.07, 6.45) is 6.46. The van der Waals surface area contributed by atoms with Gasteiger partial charge in [-0.05, 0) is 50.1 Å². The Morgan fingerprint density at radius 3 is 2.74 bits per heavy atom. The molecule has 0 spiro atoms. The molecule has 0 saturated carbocycles. The smallest absolute Gasteiger partial charge is 0.252 e. The number of benzene rings is 1. The van der Waals surface area contributed by atoms with E-state index in [0.29, 0.717) is 46.5 Å². The number of hydrogen-bond donors (Lipinski definition) is 1. The lowest BCUT2D eigenvalue weighted by atomic mass is 10.0. The molecule has 1 aromatic carbocycles. The molecule has 4 aromatic rings. The molecule has 0 radical (unpaired) electrons. The standard InChI is InChI=1S/C24H25FN6O3S/c1-16-22-20(24(32)27-8-2-10-30-11-9-26-15-30)13-21(17-3-5-18(25)6-4-17)28-23(22)31(29-16)19-7-12-35(33,34)14-19/h3-6,9,11,13,15,19H,2,7-8,10,12,14H2,1H3,(H,27,32)/t19-/m0/s1. The molecule has 0 bridgehead atoms. The van der Waals surface area contributed by atoms with E-state index in [0.717, 1.165) is 13.0 Å². The number of sulfone groups is 1. The van der Waals surface area contributed by atoms with Gasteiger partial charge in [0, 0.05) is 31.0 Å². The van der Waals surface area contributed by atoms with Gasteiger partial charge in [-0.15, -0.1) is 0 Å². The maximum absolute atomic E-state index is 13.5. The molecule has 35 heavy (non-hydrogen) atoms. The first-order valence-corrected chi connectivity index (χ1v) is 13.2. The predicted octanol–water partition coefficient (Wildman–Crippen LogP) is 2.92. The lowest BCUT2D eigenvalue weighted by molar-refractivity contribution is 0.0954. The van der Waals surface area contributed by atoms with Crippen LogP contribution in [0.25, 0.3) is 22.3 Å². The third kappa shape index (κ3) is 4.81. The van der Waals surface area contributed by atoms with E-state index >= 15 is 0 Å². The van der Waals surface area contributed by atoms with Gasteiger partial charge >= 0.3 is 0 Å². The summed E-state index contributed by atoms with van der Waals surface area (Å²) in [6, 6.07) is 7.21. The second-order valence-corrected chi connectivity index (χ2v) is 11.0. The normalized spacial score (nSPS) is 17.1. The molecule has 182 valence electrons. The number of nitrogens with zero attached hydrogens (tertiary/aromatic N) is 5. The fourth-order valence-corrected chi connectivity index (χ4v) is 6.15. The topological polar surface area (TPSA) is 112 Å². The van der Waals surface area contributed by atoms with Crippen LogP contribution in [-0.2, 0) is 16.4 Å². The van der Waals surface area contributed by atoms with Gasteiger partial charge in [0.15, 0.2) is 15.5 Å². The van der Waals surface area contributed by atoms with Gasteiger partial charge in [-0.25, -0.2) is 27.5 Å². The minimum absolute atomic E-state index is 0.0124. The Bertz CT molecular complexity index is 1480. The van der Waals surface area contributed by atoms with Crippen LogP contribution in [0, 0.1) is 12.7 Å². The Morgan fingerprint density at radius 1 is 1.26 bits per heavy atom. The minimum Gasteiger partial charge on any atom is -0.352 e. The van der Waals surface area contributed by atoms with Crippen molar-refractivity contribution in [3.63, 3.8) is 0 Å². The molecule has 1 fully saturated rings. The summed E-state index contributed by atoms with van der Waals surface area (Å²) in [4.78, 5) is 22.1. The first-order valence-electron chi connectivity index (χ1n) is 11.4. The van der Waals surface area contributed by atoms with Crippen molar-refractivity contribution >= 4 is 26.8 Å². The van der Waals surface area contributed by atoms with Crippen molar-refractivity contribution < 1.29 is 17.6 Å². The number of amides is 1. The number of pyridine rings is 1. The van der Waals surface area contributed by atoms with Crippen molar-refractivity contribution in [2.45, 2.75) is 32.4 Å². The Morgan fingerprint density at radius 2 is 2.06 bits per heavy atom. The molecule has 1 aliphatic heterocycles. The number of hydrogen-bond acceptors (Lipinski definition) is 6. The Kier molecular flexibility index (Phi) is 6.10. The highest BCUT2D eigenvalue weighted by Gasteiger charge is 2.32. The van der Waals surface area contributed by atoms with Gasteiger partial charge in [0.25, 0.3) is 5.91 Å². The highest BCUT2D eigenvalue weighted by Crippen LogP contribution is 2.32. The zero-order valence-corrected chi connectivity index (χ0v) is 20.0. The Balaban J connectivity index is 1.52. The maximum Gasteiger partial charge on any atom is 0.252 e. The van der Waals surface area contributed by atoms with Gasteiger partial charge in [-0.3, -0.25) is 4.79 Å². The van der Waals surface area contributed by atoms with Gasteiger partial charge in [-0.2, -0.15) is 5.10 Å². The molecule has 4 heterocycles. The third-order valence-electron chi connectivity index (χ3n) is 6.21. The van der Waals surface area contributed by atoms with Crippen LogP contribution in [0.15, 0.2) is 49.1 Å². The van der Waals surface area contributed by atoms with Crippen molar-refractivity contribution in [1.29, 1.82) is 0 Å². The number of imidazole rings is 1. The molecular weight excluding hydrogens is 471 g/mol. The van der Waals surface area contributed by atoms with Crippen LogP contribution in [0.4, 0.5) is 4.39 Å². The molecule has 1 saturated heterocycles. The quantitative estimate of drug-likeness (QED) is 0.394. The summed E-state index contributed by atoms with van der Waals surface area (Å²) >= 11 is 0. The van der Waals surface area contributed by atoms with Crippen molar-refractivity contribution in [1.82, 2.24) is 29.6 Å². The third-order valence-corrected chi connectivity index (χ3v) is 7.96. The largest absolute Gasteiger partial charge is 0.352 e. The van der Waals surface area contributed by atoms with Gasteiger partial charge in [-0.1, -0.05) is 0 Å². The molecule has 5 rings (SSSR count). The van der Waals surface area contributed by atoms with E-state index in [2.05, 4.69) is 15.4 Å². The van der Waals surface area contributed by atoms with Crippen LogP contribution < -0.4 is 5.32 Å². The first-order chi connectivity index (χ1) is 16.8. The number of rotatable bonds is 7. The molecule has 1 N–H and O–H groups in total. The predicted molar refractivity (Wildman–Crippen MR) is 129 cm³/mol. The van der Waals surface area contributed by atoms with E-state index in [1.165, 1.54) is 12.1 Å². The van der Waals surface area contributed by atoms with E-state index in [4.69, 9.17) is 4.98 Å². The Labute approximate surface area is 201 Å². The summed E-state index contributed by atoms with van der Waals surface area (Å²) in [5, 5.41) is 8.16. The van der Waals surface area contributed by atoms with Crippen molar-refractivity contribution in [2.24, 2.45) is 0 Å². The number of halogens is 1. The lowest BCUT2D eigenvalue weighted by Gasteiger charge is -2.12. The van der Waals surface area contributed by atoms with Crippen LogP contribution in [-0.4, -0.2) is 56.7 Å². The van der Waals surface area contributed by atoms with Crippen LogP contribution in [0.3, 0.4) is 0 Å². The number of carbonyl (C=O) groups excluding carboxylic acids is 1. The average molecular weight is 497 g/mol. The zero-order chi connectivity index (χ0) is 24.6. The second-order valence-electron chi connectivity index (χ2n) is 8.76. The summed E-state index contributed by atoms with van der Waals surface area (Å²) in [5.74, 6) is -0.558. The number of carbonyl (C=O) groups is 1. The molecule has 1 atom stereocenters. The monoisotopic (exact) mass is 496 g/mol. The van der Waals surface area contributed by atoms with E-state index in [1.54, 1.807) is 42.3 Å². The Hall–Kier alpha value is -3.60. The summed E-state index contributed by atoms with van der Waals surface area (Å²) in [7, 11) is -3.15. The summed E-state index contributed by atoms with van der Waals surface area (Å²) < 4.78 is 41.3. The molecule has 11 heteroatoms. The van der Waals surface area contributed by atoms with E-state index < -0.39 is 9.84 Å². The van der Waals surface area contributed by atoms with E-state index in [9.17, 15) is 17.6 Å². The van der Waals surface area contributed by atoms with Crippen LogP contribution in [0.2, 0.25) is 0 Å². The lowest BCUT2D eigenvalue weighted by Crippen LogP contribution is -2.25. The number of aryl methyl sites for hydroxylation is 2. The SMILES string of the molecule is Cc1nn([C@H]2CCS(=O)(=O)C2)c2nc(-c3ccc(F)cc3)cc(C(=O)NCCCn3ccnc3)c12. The number of nitrogens with one attached hydrogen (secondary N) is 1. The van der Waals surface area contributed by atoms with Gasteiger partial charge in [0.1, 0.15) is 5.82 Å². The van der Waals surface area contributed by atoms with Gasteiger partial charge < -0.3 is 9.88 Å². The molecule has 9 nitrogen and oxygen atoms in total. The maximum atomic E-state index is 13.5.